The molecule has 0 saturated heterocycles. The van der Waals surface area contributed by atoms with E-state index in [0.717, 1.165) is 16.6 Å². The van der Waals surface area contributed by atoms with Crippen LogP contribution in [0, 0.1) is 0 Å². The van der Waals surface area contributed by atoms with Crippen molar-refractivity contribution < 1.29 is 4.79 Å². The number of nitrogens with zero attached hydrogens (tertiary/aromatic N) is 3. The van der Waals surface area contributed by atoms with Gasteiger partial charge >= 0.3 is 0 Å². The van der Waals surface area contributed by atoms with E-state index in [-0.39, 0.29) is 5.91 Å². The molecule has 0 aliphatic carbocycles. The maximum Gasteiger partial charge on any atom is 0.270 e. The minimum atomic E-state index is 0.0106. The lowest BCUT2D eigenvalue weighted by Crippen LogP contribution is -2.28. The van der Waals surface area contributed by atoms with Crippen LogP contribution in [-0.4, -0.2) is 27.4 Å². The quantitative estimate of drug-likeness (QED) is 0.868. The average Bonchev–Trinajstić information content (AvgIpc) is 2.80. The SMILES string of the molecule is CCn1cc(Br)cc1C(=O)N(C)Cc1cccnc1. The Balaban J connectivity index is 2.15. The number of aromatic nitrogens is 2. The van der Waals surface area contributed by atoms with E-state index >= 15 is 0 Å². The summed E-state index contributed by atoms with van der Waals surface area (Å²) in [5.74, 6) is 0.0106. The fraction of sp³-hybridized carbons (Fsp3) is 0.286. The van der Waals surface area contributed by atoms with Crippen LogP contribution in [0.5, 0.6) is 0 Å². The molecule has 100 valence electrons. The first-order valence-corrected chi connectivity index (χ1v) is 6.91. The van der Waals surface area contributed by atoms with Gasteiger partial charge in [-0.15, -0.1) is 0 Å². The molecule has 2 aromatic rings. The number of halogens is 1. The lowest BCUT2D eigenvalue weighted by molar-refractivity contribution is 0.0774. The molecule has 0 spiro atoms. The first-order chi connectivity index (χ1) is 9.11. The van der Waals surface area contributed by atoms with Crippen molar-refractivity contribution in [2.75, 3.05) is 7.05 Å². The van der Waals surface area contributed by atoms with Gasteiger partial charge in [0, 0.05) is 43.2 Å². The summed E-state index contributed by atoms with van der Waals surface area (Å²) in [6.07, 6.45) is 5.42. The third-order valence-corrected chi connectivity index (χ3v) is 3.35. The lowest BCUT2D eigenvalue weighted by atomic mass is 10.2. The second-order valence-electron chi connectivity index (χ2n) is 4.35. The van der Waals surface area contributed by atoms with E-state index < -0.39 is 0 Å². The van der Waals surface area contributed by atoms with Crippen molar-refractivity contribution in [2.45, 2.75) is 20.0 Å². The number of rotatable bonds is 4. The van der Waals surface area contributed by atoms with Gasteiger partial charge in [0.05, 0.1) is 0 Å². The maximum absolute atomic E-state index is 12.4. The number of hydrogen-bond acceptors (Lipinski definition) is 2. The smallest absolute Gasteiger partial charge is 0.270 e. The van der Waals surface area contributed by atoms with Gasteiger partial charge in [-0.25, -0.2) is 0 Å². The minimum absolute atomic E-state index is 0.0106. The highest BCUT2D eigenvalue weighted by molar-refractivity contribution is 9.10. The zero-order chi connectivity index (χ0) is 13.8. The van der Waals surface area contributed by atoms with Crippen LogP contribution >= 0.6 is 15.9 Å². The van der Waals surface area contributed by atoms with Gasteiger partial charge in [-0.2, -0.15) is 0 Å². The Kier molecular flexibility index (Phi) is 4.37. The lowest BCUT2D eigenvalue weighted by Gasteiger charge is -2.18. The molecule has 0 aliphatic heterocycles. The molecule has 2 rings (SSSR count). The molecule has 4 nitrogen and oxygen atoms in total. The summed E-state index contributed by atoms with van der Waals surface area (Å²) in [5, 5.41) is 0. The van der Waals surface area contributed by atoms with Gasteiger partial charge in [-0.3, -0.25) is 9.78 Å². The largest absolute Gasteiger partial charge is 0.343 e. The molecule has 0 aromatic carbocycles. The number of amides is 1. The molecule has 0 fully saturated rings. The van der Waals surface area contributed by atoms with Crippen LogP contribution in [-0.2, 0) is 13.1 Å². The number of aryl methyl sites for hydroxylation is 1. The molecular weight excluding hydrogens is 306 g/mol. The first kappa shape index (κ1) is 13.8. The van der Waals surface area contributed by atoms with Gasteiger partial charge < -0.3 is 9.47 Å². The number of carbonyl (C=O) groups is 1. The van der Waals surface area contributed by atoms with Crippen molar-refractivity contribution >= 4 is 21.8 Å². The van der Waals surface area contributed by atoms with E-state index in [0.29, 0.717) is 12.2 Å². The molecule has 19 heavy (non-hydrogen) atoms. The van der Waals surface area contributed by atoms with Gasteiger partial charge in [-0.05, 0) is 40.5 Å². The Morgan fingerprint density at radius 3 is 2.95 bits per heavy atom. The number of hydrogen-bond donors (Lipinski definition) is 0. The second-order valence-corrected chi connectivity index (χ2v) is 5.27. The molecule has 5 heteroatoms. The number of pyridine rings is 1. The molecular formula is C14H16BrN3O. The van der Waals surface area contributed by atoms with Gasteiger partial charge in [-0.1, -0.05) is 6.07 Å². The van der Waals surface area contributed by atoms with Crippen molar-refractivity contribution in [2.24, 2.45) is 0 Å². The monoisotopic (exact) mass is 321 g/mol. The summed E-state index contributed by atoms with van der Waals surface area (Å²) >= 11 is 3.41. The first-order valence-electron chi connectivity index (χ1n) is 6.12. The Bertz CT molecular complexity index is 565. The van der Waals surface area contributed by atoms with Crippen LogP contribution in [0.2, 0.25) is 0 Å². The maximum atomic E-state index is 12.4. The fourth-order valence-corrected chi connectivity index (χ4v) is 2.41. The summed E-state index contributed by atoms with van der Waals surface area (Å²) in [7, 11) is 1.80. The van der Waals surface area contributed by atoms with E-state index in [9.17, 15) is 4.79 Å². The molecule has 2 heterocycles. The zero-order valence-corrected chi connectivity index (χ0v) is 12.6. The van der Waals surface area contributed by atoms with E-state index in [1.165, 1.54) is 0 Å². The molecule has 0 unspecified atom stereocenters. The topological polar surface area (TPSA) is 38.1 Å². The number of carbonyl (C=O) groups excluding carboxylic acids is 1. The highest BCUT2D eigenvalue weighted by Gasteiger charge is 2.16. The summed E-state index contributed by atoms with van der Waals surface area (Å²) < 4.78 is 2.86. The van der Waals surface area contributed by atoms with Crippen molar-refractivity contribution in [3.05, 3.63) is 52.5 Å². The molecule has 0 radical (unpaired) electrons. The third kappa shape index (κ3) is 3.23. The predicted molar refractivity (Wildman–Crippen MR) is 77.8 cm³/mol. The third-order valence-electron chi connectivity index (χ3n) is 2.91. The van der Waals surface area contributed by atoms with E-state index in [1.54, 1.807) is 24.3 Å². The fourth-order valence-electron chi connectivity index (χ4n) is 1.95. The highest BCUT2D eigenvalue weighted by Crippen LogP contribution is 2.17. The van der Waals surface area contributed by atoms with E-state index in [1.807, 2.05) is 35.9 Å². The Morgan fingerprint density at radius 1 is 1.53 bits per heavy atom. The summed E-state index contributed by atoms with van der Waals surface area (Å²) in [5.41, 5.74) is 1.72. The Hall–Kier alpha value is -1.62. The van der Waals surface area contributed by atoms with Crippen molar-refractivity contribution in [3.8, 4) is 0 Å². The van der Waals surface area contributed by atoms with Gasteiger partial charge in [0.15, 0.2) is 0 Å². The van der Waals surface area contributed by atoms with Crippen molar-refractivity contribution in [3.63, 3.8) is 0 Å². The molecule has 0 bridgehead atoms. The second kappa shape index (κ2) is 6.02. The Morgan fingerprint density at radius 2 is 2.32 bits per heavy atom. The summed E-state index contributed by atoms with van der Waals surface area (Å²) in [4.78, 5) is 18.2. The van der Waals surface area contributed by atoms with Gasteiger partial charge in [0.25, 0.3) is 5.91 Å². The molecule has 1 amide bonds. The standard InChI is InChI=1S/C14H16BrN3O/c1-3-18-10-12(15)7-13(18)14(19)17(2)9-11-5-4-6-16-8-11/h4-8,10H,3,9H2,1-2H3. The molecule has 0 saturated carbocycles. The van der Waals surface area contributed by atoms with E-state index in [4.69, 9.17) is 0 Å². The van der Waals surface area contributed by atoms with Crippen LogP contribution in [0.1, 0.15) is 23.0 Å². The molecule has 2 aromatic heterocycles. The highest BCUT2D eigenvalue weighted by atomic mass is 79.9. The van der Waals surface area contributed by atoms with Crippen molar-refractivity contribution in [1.29, 1.82) is 0 Å². The van der Waals surface area contributed by atoms with Crippen LogP contribution in [0.3, 0.4) is 0 Å². The normalized spacial score (nSPS) is 10.5. The van der Waals surface area contributed by atoms with E-state index in [2.05, 4.69) is 20.9 Å². The Labute approximate surface area is 121 Å². The minimum Gasteiger partial charge on any atom is -0.343 e. The zero-order valence-electron chi connectivity index (χ0n) is 11.0. The summed E-state index contributed by atoms with van der Waals surface area (Å²) in [6.45, 7) is 3.34. The van der Waals surface area contributed by atoms with Crippen LogP contribution in [0.15, 0.2) is 41.3 Å². The average molecular weight is 322 g/mol. The predicted octanol–water partition coefficient (Wildman–Crippen LogP) is 2.94. The molecule has 0 aliphatic rings. The molecule has 0 atom stereocenters. The molecule has 0 N–H and O–H groups in total. The van der Waals surface area contributed by atoms with Gasteiger partial charge in [0.1, 0.15) is 5.69 Å². The van der Waals surface area contributed by atoms with Crippen LogP contribution < -0.4 is 0 Å². The van der Waals surface area contributed by atoms with Crippen LogP contribution in [0.25, 0.3) is 0 Å². The van der Waals surface area contributed by atoms with Crippen LogP contribution in [0.4, 0.5) is 0 Å². The van der Waals surface area contributed by atoms with Gasteiger partial charge in [0.2, 0.25) is 0 Å². The van der Waals surface area contributed by atoms with Crippen molar-refractivity contribution in [1.82, 2.24) is 14.5 Å². The summed E-state index contributed by atoms with van der Waals surface area (Å²) in [6, 6.07) is 5.69.